The van der Waals surface area contributed by atoms with Crippen LogP contribution in [0.15, 0.2) is 429 Å². The van der Waals surface area contributed by atoms with Crippen molar-refractivity contribution in [3.63, 3.8) is 0 Å². The zero-order chi connectivity index (χ0) is 77.7. The van der Waals surface area contributed by atoms with Gasteiger partial charge in [-0.15, -0.1) is 34.0 Å². The molecule has 20 aromatic carbocycles. The Morgan fingerprint density at radius 3 is 0.881 bits per heavy atom. The van der Waals surface area contributed by atoms with Crippen molar-refractivity contribution in [1.82, 2.24) is 0 Å². The summed E-state index contributed by atoms with van der Waals surface area (Å²) in [6.07, 6.45) is 0. The molecule has 552 valence electrons. The first-order valence-corrected chi connectivity index (χ1v) is 42.6. The van der Waals surface area contributed by atoms with Crippen LogP contribution in [0.3, 0.4) is 0 Å². The van der Waals surface area contributed by atoms with E-state index in [4.69, 9.17) is 4.42 Å². The summed E-state index contributed by atoms with van der Waals surface area (Å²) in [6.45, 7) is 0. The van der Waals surface area contributed by atoms with Crippen molar-refractivity contribution < 1.29 is 4.42 Å². The predicted octanol–water partition coefficient (Wildman–Crippen LogP) is 33.9. The van der Waals surface area contributed by atoms with Gasteiger partial charge in [0.25, 0.3) is 0 Å². The molecule has 0 radical (unpaired) electrons. The molecule has 3 nitrogen and oxygen atoms in total. The van der Waals surface area contributed by atoms with Crippen LogP contribution in [0.25, 0.3) is 192 Å². The fourth-order valence-electron chi connectivity index (χ4n) is 17.9. The van der Waals surface area contributed by atoms with Crippen molar-refractivity contribution in [1.29, 1.82) is 0 Å². The number of fused-ring (bicyclic) bond motifs is 20. The maximum Gasteiger partial charge on any atom is 0.143 e. The summed E-state index contributed by atoms with van der Waals surface area (Å²) in [5, 5.41) is 20.3. The van der Waals surface area contributed by atoms with Gasteiger partial charge in [-0.1, -0.05) is 334 Å². The first kappa shape index (κ1) is 69.0. The molecule has 4 aromatic heterocycles. The number of anilines is 6. The number of thiophene rings is 3. The minimum atomic E-state index is 0.914. The van der Waals surface area contributed by atoms with Gasteiger partial charge in [0.05, 0.1) is 0 Å². The molecular formula is C112H70N2OS3. The van der Waals surface area contributed by atoms with E-state index in [1.165, 1.54) is 154 Å². The summed E-state index contributed by atoms with van der Waals surface area (Å²) in [4.78, 5) is 4.72. The van der Waals surface area contributed by atoms with Gasteiger partial charge >= 0.3 is 0 Å². The van der Waals surface area contributed by atoms with Crippen LogP contribution in [0, 0.1) is 0 Å². The smallest absolute Gasteiger partial charge is 0.143 e. The van der Waals surface area contributed by atoms with Gasteiger partial charge in [0.15, 0.2) is 0 Å². The molecule has 118 heavy (non-hydrogen) atoms. The van der Waals surface area contributed by atoms with Gasteiger partial charge in [0.2, 0.25) is 0 Å². The van der Waals surface area contributed by atoms with E-state index in [1.54, 1.807) is 0 Å². The van der Waals surface area contributed by atoms with Crippen molar-refractivity contribution in [2.75, 3.05) is 9.80 Å². The first-order valence-electron chi connectivity index (χ1n) is 40.1. The number of benzene rings is 20. The molecule has 0 aliphatic rings. The Morgan fingerprint density at radius 1 is 0.161 bits per heavy atom. The molecule has 24 aromatic rings. The van der Waals surface area contributed by atoms with Crippen LogP contribution in [0.2, 0.25) is 0 Å². The fourth-order valence-corrected chi connectivity index (χ4v) is 21.8. The zero-order valence-electron chi connectivity index (χ0n) is 63.9. The summed E-state index contributed by atoms with van der Waals surface area (Å²) in [7, 11) is 0. The second-order valence-corrected chi connectivity index (χ2v) is 33.6. The second kappa shape index (κ2) is 28.8. The molecule has 0 atom stereocenters. The lowest BCUT2D eigenvalue weighted by atomic mass is 10.00. The third-order valence-electron chi connectivity index (χ3n) is 23.8. The van der Waals surface area contributed by atoms with Crippen LogP contribution in [0.4, 0.5) is 34.1 Å². The second-order valence-electron chi connectivity index (χ2n) is 30.5. The minimum absolute atomic E-state index is 0.914. The SMILES string of the molecule is c1ccc(-c2ccc(N(c3ccc(-c4ccc5sc6c7ccccc7ccc6c5c4)cc3)c3ccc(-c4cccc5c4oc4c6ccccc6ccc54)cc3)cc2)cc1.c1ccc(-c2ccc(N(c3ccc(-c4cccc5c4sc4c6ccccc6ccc54)cc3)c3ccc(-c4cccc5c4sc4c6ccccc6ccc54)cc3)cc2)cc1. The molecule has 6 heteroatoms. The monoisotopic (exact) mass is 1550 g/mol. The van der Waals surface area contributed by atoms with Crippen LogP contribution in [-0.2, 0) is 0 Å². The van der Waals surface area contributed by atoms with Crippen molar-refractivity contribution in [3.05, 3.63) is 425 Å². The molecule has 0 amide bonds. The maximum absolute atomic E-state index is 6.71. The van der Waals surface area contributed by atoms with E-state index in [1.807, 2.05) is 34.0 Å². The molecule has 0 unspecified atom stereocenters. The van der Waals surface area contributed by atoms with E-state index < -0.39 is 0 Å². The van der Waals surface area contributed by atoms with Crippen molar-refractivity contribution in [3.8, 4) is 66.8 Å². The highest BCUT2D eigenvalue weighted by atomic mass is 32.1. The Bertz CT molecular complexity index is 7790. The lowest BCUT2D eigenvalue weighted by Gasteiger charge is -2.26. The van der Waals surface area contributed by atoms with Crippen LogP contribution in [0.5, 0.6) is 0 Å². The van der Waals surface area contributed by atoms with Crippen molar-refractivity contribution >= 4 is 194 Å². The summed E-state index contributed by atoms with van der Waals surface area (Å²) in [5.41, 5.74) is 22.8. The Kier molecular flexibility index (Phi) is 16.8. The highest BCUT2D eigenvalue weighted by Gasteiger charge is 2.22. The number of furan rings is 1. The lowest BCUT2D eigenvalue weighted by Crippen LogP contribution is -2.09. The highest BCUT2D eigenvalue weighted by molar-refractivity contribution is 7.28. The number of hydrogen-bond donors (Lipinski definition) is 0. The topological polar surface area (TPSA) is 19.6 Å². The van der Waals surface area contributed by atoms with Crippen LogP contribution < -0.4 is 9.80 Å². The first-order chi connectivity index (χ1) is 58.5. The molecule has 0 N–H and O–H groups in total. The van der Waals surface area contributed by atoms with Gasteiger partial charge in [0.1, 0.15) is 11.2 Å². The Morgan fingerprint density at radius 2 is 0.449 bits per heavy atom. The van der Waals surface area contributed by atoms with Gasteiger partial charge in [-0.05, 0) is 190 Å². The molecule has 0 fully saturated rings. The van der Waals surface area contributed by atoms with Crippen LogP contribution >= 0.6 is 34.0 Å². The van der Waals surface area contributed by atoms with Gasteiger partial charge in [-0.25, -0.2) is 0 Å². The van der Waals surface area contributed by atoms with E-state index in [0.717, 1.165) is 72.6 Å². The summed E-state index contributed by atoms with van der Waals surface area (Å²) in [6, 6.07) is 155. The predicted molar refractivity (Wildman–Crippen MR) is 511 cm³/mol. The largest absolute Gasteiger partial charge is 0.455 e. The number of hydrogen-bond acceptors (Lipinski definition) is 6. The summed E-state index contributed by atoms with van der Waals surface area (Å²) >= 11 is 5.70. The number of para-hydroxylation sites is 1. The Balaban J connectivity index is 0.000000138. The normalized spacial score (nSPS) is 11.7. The third-order valence-corrected chi connectivity index (χ3v) is 27.6. The van der Waals surface area contributed by atoms with Crippen LogP contribution in [0.1, 0.15) is 0 Å². The maximum atomic E-state index is 6.71. The van der Waals surface area contributed by atoms with Gasteiger partial charge < -0.3 is 14.2 Å². The molecule has 0 aliphatic heterocycles. The highest BCUT2D eigenvalue weighted by Crippen LogP contribution is 2.49. The van der Waals surface area contributed by atoms with E-state index in [9.17, 15) is 0 Å². The molecule has 0 bridgehead atoms. The lowest BCUT2D eigenvalue weighted by molar-refractivity contribution is 0.674. The molecule has 0 spiro atoms. The molecular weight excluding hydrogens is 1490 g/mol. The van der Waals surface area contributed by atoms with E-state index in [2.05, 4.69) is 434 Å². The molecule has 0 saturated heterocycles. The molecule has 24 rings (SSSR count). The summed E-state index contributed by atoms with van der Waals surface area (Å²) < 4.78 is 14.8. The Hall–Kier alpha value is -14.5. The average Bonchev–Trinajstić information content (AvgIpc) is 1.60. The van der Waals surface area contributed by atoms with Crippen molar-refractivity contribution in [2.45, 2.75) is 0 Å². The minimum Gasteiger partial charge on any atom is -0.455 e. The van der Waals surface area contributed by atoms with Gasteiger partial charge in [-0.3, -0.25) is 0 Å². The average molecular weight is 1560 g/mol. The van der Waals surface area contributed by atoms with Gasteiger partial charge in [-0.2, -0.15) is 0 Å². The molecule has 4 heterocycles. The Labute approximate surface area is 693 Å². The fraction of sp³-hybridized carbons (Fsp3) is 0. The number of rotatable bonds is 12. The quantitative estimate of drug-likeness (QED) is 0.122. The number of nitrogens with zero attached hydrogens (tertiary/aromatic N) is 2. The van der Waals surface area contributed by atoms with Crippen molar-refractivity contribution in [2.24, 2.45) is 0 Å². The third kappa shape index (κ3) is 12.0. The van der Waals surface area contributed by atoms with E-state index in [0.29, 0.717) is 0 Å². The molecule has 0 aliphatic carbocycles. The van der Waals surface area contributed by atoms with Gasteiger partial charge in [0, 0.05) is 116 Å². The van der Waals surface area contributed by atoms with E-state index in [-0.39, 0.29) is 0 Å². The summed E-state index contributed by atoms with van der Waals surface area (Å²) in [5.74, 6) is 0. The van der Waals surface area contributed by atoms with Crippen LogP contribution in [-0.4, -0.2) is 0 Å². The zero-order valence-corrected chi connectivity index (χ0v) is 66.4. The van der Waals surface area contributed by atoms with E-state index >= 15 is 0 Å². The molecule has 0 saturated carbocycles. The standard InChI is InChI=1S/C56H35NOS.C56H35NS2/c1-2-9-36(10-3-1)37-17-26-43(27-18-37)57(44-28-19-38(20-29-44)42-25-34-53-52(35-42)51-33-24-40-12-5-7-14-48(40)56(51)59-53)45-30-21-41(22-31-45)47-15-8-16-49-50-32-23-39-11-4-6-13-46(39)55(50)58-54(47)49;1-2-10-36(11-3-1)37-20-28-42(29-21-37)57(43-30-22-40(23-31-43)47-16-8-18-49-51-34-26-38-12-4-6-14-45(38)55(51)58-53(47)49)44-32-24-41(25-33-44)48-17-9-19-50-52-35-27-39-13-5-7-15-46(39)56(52)59-54(48)50/h2*1-35H.